The molecule has 0 aromatic rings. The predicted molar refractivity (Wildman–Crippen MR) is 74.1 cm³/mol. The molecule has 0 aliphatic carbocycles. The van der Waals surface area contributed by atoms with Crippen molar-refractivity contribution in [2.75, 3.05) is 6.61 Å². The zero-order chi connectivity index (χ0) is 20.5. The lowest BCUT2D eigenvalue weighted by Crippen LogP contribution is -2.78. The Hall–Kier alpha value is -1.40. The molecule has 2 aliphatic rings. The molecule has 0 spiro atoms. The van der Waals surface area contributed by atoms with Gasteiger partial charge in [-0.2, -0.15) is 0 Å². The summed E-state index contributed by atoms with van der Waals surface area (Å²) in [4.78, 5) is 11.0. The minimum Gasteiger partial charge on any atom is -0.726 e. The normalized spacial score (nSPS) is 40.1. The highest BCUT2D eigenvalue weighted by Gasteiger charge is 2.49. The lowest BCUT2D eigenvalue weighted by atomic mass is 9.97. The van der Waals surface area contributed by atoms with Crippen LogP contribution < -0.4 is 10.8 Å². The molecule has 1 saturated heterocycles. The molecule has 2 aliphatic heterocycles. The number of carboxylic acids is 1. The number of ether oxygens (including phenoxy) is 3. The van der Waals surface area contributed by atoms with Crippen molar-refractivity contribution < 1.29 is 67.4 Å². The van der Waals surface area contributed by atoms with Gasteiger partial charge in [0.1, 0.15) is 36.1 Å². The van der Waals surface area contributed by atoms with E-state index in [1.165, 1.54) is 0 Å². The van der Waals surface area contributed by atoms with E-state index in [0.29, 0.717) is 6.08 Å². The summed E-state index contributed by atoms with van der Waals surface area (Å²) in [6.45, 7) is -0.782. The van der Waals surface area contributed by atoms with Crippen molar-refractivity contribution >= 4 is 16.4 Å². The Bertz CT molecular complexity index is 679. The molecule has 1 unspecified atom stereocenters. The molecule has 0 bridgehead atoms. The SMILES string of the molecule is [NH3+][C@H]1C(O)O[C@H](CO)[C@@H](O[C@@H]2OC(C(=O)[O-])=C[C@H](O)[C@H]2OS(=O)(=O)[O-])[C@@H]1O. The van der Waals surface area contributed by atoms with Gasteiger partial charge in [0.25, 0.3) is 0 Å². The van der Waals surface area contributed by atoms with Crippen molar-refractivity contribution in [2.24, 2.45) is 0 Å². The summed E-state index contributed by atoms with van der Waals surface area (Å²) in [5.41, 5.74) is 3.44. The number of aliphatic hydroxyl groups is 4. The number of carboxylic acid groups (broad SMARTS) is 1. The van der Waals surface area contributed by atoms with Gasteiger partial charge in [0.05, 0.1) is 6.61 Å². The molecule has 2 heterocycles. The molecule has 14 nitrogen and oxygen atoms in total. The summed E-state index contributed by atoms with van der Waals surface area (Å²) in [5.74, 6) is -2.84. The third-order valence-corrected chi connectivity index (χ3v) is 4.35. The molecule has 0 amide bonds. The number of hydrogen-bond donors (Lipinski definition) is 5. The topological polar surface area (TPSA) is 243 Å². The third-order valence-electron chi connectivity index (χ3n) is 3.89. The minimum absolute atomic E-state index is 0.524. The van der Waals surface area contributed by atoms with Gasteiger partial charge in [0.15, 0.2) is 12.1 Å². The van der Waals surface area contributed by atoms with E-state index in [1.54, 1.807) is 0 Å². The van der Waals surface area contributed by atoms with Crippen molar-refractivity contribution in [1.29, 1.82) is 0 Å². The number of rotatable bonds is 6. The summed E-state index contributed by atoms with van der Waals surface area (Å²) in [7, 11) is -5.38. The van der Waals surface area contributed by atoms with Crippen LogP contribution in [0.25, 0.3) is 0 Å². The summed E-state index contributed by atoms with van der Waals surface area (Å²) in [5, 5.41) is 50.0. The van der Waals surface area contributed by atoms with Crippen LogP contribution in [0.3, 0.4) is 0 Å². The molecule has 0 radical (unpaired) electrons. The number of carbonyl (C=O) groups excluding carboxylic acids is 1. The van der Waals surface area contributed by atoms with Crippen LogP contribution in [0.2, 0.25) is 0 Å². The molecule has 1 fully saturated rings. The van der Waals surface area contributed by atoms with Gasteiger partial charge < -0.3 is 54.8 Å². The van der Waals surface area contributed by atoms with Crippen LogP contribution in [-0.4, -0.2) is 95.1 Å². The Morgan fingerprint density at radius 1 is 1.30 bits per heavy atom. The molecular formula is C12H18NO13S-. The van der Waals surface area contributed by atoms with Gasteiger partial charge in [-0.15, -0.1) is 0 Å². The number of aliphatic hydroxyl groups excluding tert-OH is 4. The van der Waals surface area contributed by atoms with Crippen molar-refractivity contribution in [1.82, 2.24) is 0 Å². The first-order valence-electron chi connectivity index (χ1n) is 7.47. The van der Waals surface area contributed by atoms with Crippen LogP contribution in [0, 0.1) is 0 Å². The van der Waals surface area contributed by atoms with Crippen LogP contribution in [0.5, 0.6) is 0 Å². The van der Waals surface area contributed by atoms with Gasteiger partial charge in [-0.25, -0.2) is 8.42 Å². The maximum atomic E-state index is 11.0. The summed E-state index contributed by atoms with van der Waals surface area (Å²) in [6.07, 6.45) is -11.6. The highest BCUT2D eigenvalue weighted by atomic mass is 32.3. The van der Waals surface area contributed by atoms with Gasteiger partial charge in [0.2, 0.25) is 23.0 Å². The van der Waals surface area contributed by atoms with E-state index in [9.17, 15) is 43.3 Å². The largest absolute Gasteiger partial charge is 0.726 e. The number of carbonyl (C=O) groups is 1. The number of quaternary nitrogens is 1. The van der Waals surface area contributed by atoms with Crippen molar-refractivity contribution in [3.63, 3.8) is 0 Å². The zero-order valence-corrected chi connectivity index (χ0v) is 14.3. The molecule has 2 rings (SSSR count). The molecule has 7 N–H and O–H groups in total. The van der Waals surface area contributed by atoms with Gasteiger partial charge in [-0.1, -0.05) is 0 Å². The smallest absolute Gasteiger partial charge is 0.231 e. The van der Waals surface area contributed by atoms with Crippen LogP contribution in [0.4, 0.5) is 0 Å². The molecule has 0 saturated carbocycles. The summed E-state index contributed by atoms with van der Waals surface area (Å²) < 4.78 is 51.8. The van der Waals surface area contributed by atoms with Crippen LogP contribution >= 0.6 is 0 Å². The highest BCUT2D eigenvalue weighted by molar-refractivity contribution is 7.80. The Morgan fingerprint density at radius 2 is 1.93 bits per heavy atom. The van der Waals surface area contributed by atoms with Gasteiger partial charge in [0, 0.05) is 0 Å². The second-order valence-corrected chi connectivity index (χ2v) is 6.78. The van der Waals surface area contributed by atoms with Crippen molar-refractivity contribution in [3.8, 4) is 0 Å². The molecule has 8 atom stereocenters. The zero-order valence-electron chi connectivity index (χ0n) is 13.5. The fraction of sp³-hybridized carbons (Fsp3) is 0.750. The molecule has 15 heteroatoms. The second-order valence-electron chi connectivity index (χ2n) is 5.77. The lowest BCUT2D eigenvalue weighted by molar-refractivity contribution is -0.501. The maximum absolute atomic E-state index is 11.0. The molecular weight excluding hydrogens is 398 g/mol. The van der Waals surface area contributed by atoms with E-state index in [0.717, 1.165) is 0 Å². The van der Waals surface area contributed by atoms with E-state index < -0.39 is 77.9 Å². The first-order valence-corrected chi connectivity index (χ1v) is 8.81. The Balaban J connectivity index is 2.30. The Kier molecular flexibility index (Phi) is 6.74. The lowest BCUT2D eigenvalue weighted by Gasteiger charge is -2.42. The number of hydrogen-bond acceptors (Lipinski definition) is 13. The van der Waals surface area contributed by atoms with Gasteiger partial charge in [-0.05, 0) is 6.08 Å². The van der Waals surface area contributed by atoms with E-state index in [-0.39, 0.29) is 0 Å². The highest BCUT2D eigenvalue weighted by Crippen LogP contribution is 2.28. The van der Waals surface area contributed by atoms with Crippen LogP contribution in [0.15, 0.2) is 11.8 Å². The van der Waals surface area contributed by atoms with Crippen molar-refractivity contribution in [3.05, 3.63) is 11.8 Å². The Labute approximate surface area is 152 Å². The van der Waals surface area contributed by atoms with Gasteiger partial charge in [-0.3, -0.25) is 4.18 Å². The van der Waals surface area contributed by atoms with E-state index in [1.807, 2.05) is 0 Å². The minimum atomic E-state index is -5.38. The fourth-order valence-electron chi connectivity index (χ4n) is 2.56. The fourth-order valence-corrected chi connectivity index (χ4v) is 3.04. The summed E-state index contributed by atoms with van der Waals surface area (Å²) in [6, 6.07) is -1.18. The van der Waals surface area contributed by atoms with Crippen LogP contribution in [-0.2, 0) is 33.6 Å². The molecule has 156 valence electrons. The van der Waals surface area contributed by atoms with Gasteiger partial charge >= 0.3 is 0 Å². The first kappa shape index (κ1) is 21.9. The summed E-state index contributed by atoms with van der Waals surface area (Å²) >= 11 is 0. The number of aliphatic carboxylic acids is 1. The van der Waals surface area contributed by atoms with E-state index in [2.05, 4.69) is 9.92 Å². The quantitative estimate of drug-likeness (QED) is 0.200. The average Bonchev–Trinajstić information content (AvgIpc) is 2.56. The predicted octanol–water partition coefficient (Wildman–Crippen LogP) is -6.75. The maximum Gasteiger partial charge on any atom is 0.231 e. The Morgan fingerprint density at radius 3 is 2.44 bits per heavy atom. The average molecular weight is 416 g/mol. The third kappa shape index (κ3) is 5.11. The molecule has 27 heavy (non-hydrogen) atoms. The first-order chi connectivity index (χ1) is 12.4. The van der Waals surface area contributed by atoms with Crippen molar-refractivity contribution in [2.45, 2.75) is 49.1 Å². The second kappa shape index (κ2) is 8.31. The molecule has 0 aromatic heterocycles. The van der Waals surface area contributed by atoms with E-state index in [4.69, 9.17) is 14.2 Å². The monoisotopic (exact) mass is 416 g/mol. The standard InChI is InChI=1S/C12H19NO13S/c13-6-7(16)9(5(2-14)23-11(6)19)25-12-8(26-27(20,21)22)3(15)1-4(24-12)10(17)18/h1,3,5-9,11-12,14-16,19H,2,13H2,(H,17,18)(H,20,21,22)/p-1/t3-,5+,6+,7+,8+,9+,11?,12-/m0/s1. The molecule has 0 aromatic carbocycles. The van der Waals surface area contributed by atoms with Crippen LogP contribution in [0.1, 0.15) is 0 Å². The van der Waals surface area contributed by atoms with E-state index >= 15 is 0 Å².